The van der Waals surface area contributed by atoms with Crippen molar-refractivity contribution in [3.63, 3.8) is 0 Å². The van der Waals surface area contributed by atoms with Crippen molar-refractivity contribution in [2.24, 2.45) is 5.11 Å². The van der Waals surface area contributed by atoms with E-state index in [1.54, 1.807) is 6.07 Å². The molecule has 2 N–H and O–H groups in total. The Morgan fingerprint density at radius 3 is 1.76 bits per heavy atom. The van der Waals surface area contributed by atoms with E-state index in [9.17, 15) is 5.11 Å². The van der Waals surface area contributed by atoms with Gasteiger partial charge in [-0.25, -0.2) is 5.53 Å². The summed E-state index contributed by atoms with van der Waals surface area (Å²) in [5, 5.41) is 15.0. The summed E-state index contributed by atoms with van der Waals surface area (Å²) in [7, 11) is 0. The van der Waals surface area contributed by atoms with Gasteiger partial charge in [-0.1, -0.05) is 18.2 Å². The lowest BCUT2D eigenvalue weighted by atomic mass is 9.90. The Kier molecular flexibility index (Phi) is 6.87. The molecule has 1 heterocycles. The maximum Gasteiger partial charge on any atom is 0.238 e. The van der Waals surface area contributed by atoms with Crippen molar-refractivity contribution in [3.8, 4) is 11.5 Å². The molecule has 0 amide bonds. The van der Waals surface area contributed by atoms with Crippen molar-refractivity contribution in [1.82, 2.24) is 0 Å². The van der Waals surface area contributed by atoms with Crippen molar-refractivity contribution >= 4 is 22.8 Å². The van der Waals surface area contributed by atoms with Crippen molar-refractivity contribution in [3.05, 3.63) is 82.2 Å². The summed E-state index contributed by atoms with van der Waals surface area (Å²) >= 11 is 0. The minimum absolute atomic E-state index is 0.308. The van der Waals surface area contributed by atoms with Gasteiger partial charge in [-0.3, -0.25) is 0 Å². The van der Waals surface area contributed by atoms with Crippen LogP contribution in [0.1, 0.15) is 38.8 Å². The third-order valence-corrected chi connectivity index (χ3v) is 6.49. The van der Waals surface area contributed by atoms with Gasteiger partial charge in [0.05, 0.1) is 0 Å². The summed E-state index contributed by atoms with van der Waals surface area (Å²) < 4.78 is 6.51. The van der Waals surface area contributed by atoms with Crippen LogP contribution in [0.2, 0.25) is 0 Å². The predicted molar refractivity (Wildman–Crippen MR) is 139 cm³/mol. The summed E-state index contributed by atoms with van der Waals surface area (Å²) in [5.74, 6) is 1.25. The largest absolute Gasteiger partial charge is 0.492 e. The molecule has 0 aromatic heterocycles. The van der Waals surface area contributed by atoms with E-state index < -0.39 is 0 Å². The number of nitrogens with one attached hydrogen (secondary N) is 1. The van der Waals surface area contributed by atoms with Gasteiger partial charge in [0.2, 0.25) is 5.88 Å². The molecule has 0 spiro atoms. The van der Waals surface area contributed by atoms with Crippen LogP contribution in [0.25, 0.3) is 11.5 Å². The van der Waals surface area contributed by atoms with Gasteiger partial charge in [-0.2, -0.15) is 0 Å². The Bertz CT molecular complexity index is 1260. The Labute approximate surface area is 200 Å². The molecule has 0 fully saturated rings. The molecule has 0 unspecified atom stereocenters. The Hall–Kier alpha value is -3.80. The number of hydrogen-bond acceptors (Lipinski definition) is 6. The molecule has 0 bridgehead atoms. The van der Waals surface area contributed by atoms with E-state index >= 15 is 0 Å². The van der Waals surface area contributed by atoms with Gasteiger partial charge < -0.3 is 19.6 Å². The molecule has 0 atom stereocenters. The number of rotatable bonds is 7. The maximum absolute atomic E-state index is 10.4. The fourth-order valence-corrected chi connectivity index (χ4v) is 4.68. The third-order valence-electron chi connectivity index (χ3n) is 6.49. The average Bonchev–Trinajstić information content (AvgIpc) is 2.88. The molecular weight excluding hydrogens is 424 g/mol. The van der Waals surface area contributed by atoms with Crippen LogP contribution in [0.5, 0.6) is 11.5 Å². The van der Waals surface area contributed by atoms with Gasteiger partial charge in [0.1, 0.15) is 11.5 Å². The molecule has 6 nitrogen and oxygen atoms in total. The lowest BCUT2D eigenvalue weighted by Crippen LogP contribution is -2.30. The molecule has 4 rings (SSSR count). The molecule has 3 aromatic rings. The molecule has 0 saturated carbocycles. The molecule has 0 saturated heterocycles. The Morgan fingerprint density at radius 2 is 1.29 bits per heavy atom. The van der Waals surface area contributed by atoms with E-state index in [0.717, 1.165) is 71.0 Å². The van der Waals surface area contributed by atoms with Gasteiger partial charge in [-0.15, -0.1) is 5.11 Å². The summed E-state index contributed by atoms with van der Waals surface area (Å²) in [5.41, 5.74) is 12.4. The monoisotopic (exact) mass is 456 g/mol. The first kappa shape index (κ1) is 23.4. The number of aliphatic hydroxyl groups is 1. The second-order valence-corrected chi connectivity index (χ2v) is 8.16. The van der Waals surface area contributed by atoms with E-state index in [2.05, 4.69) is 79.0 Å². The molecule has 34 heavy (non-hydrogen) atoms. The van der Waals surface area contributed by atoms with Crippen LogP contribution in [0.4, 0.5) is 11.4 Å². The number of anilines is 2. The molecule has 0 aliphatic carbocycles. The zero-order valence-electron chi connectivity index (χ0n) is 20.3. The van der Waals surface area contributed by atoms with Crippen LogP contribution >= 0.6 is 0 Å². The quantitative estimate of drug-likeness (QED) is 0.366. The number of hydrogen-bond donors (Lipinski definition) is 2. The van der Waals surface area contributed by atoms with E-state index in [-0.39, 0.29) is 5.88 Å². The minimum atomic E-state index is -0.308. The number of fused-ring (bicyclic) bond motifs is 2. The highest BCUT2D eigenvalue weighted by molar-refractivity contribution is 5.89. The van der Waals surface area contributed by atoms with Gasteiger partial charge >= 0.3 is 0 Å². The lowest BCUT2D eigenvalue weighted by molar-refractivity contribution is 0.473. The maximum atomic E-state index is 10.4. The lowest BCUT2D eigenvalue weighted by Gasteiger charge is -2.28. The van der Waals surface area contributed by atoms with Gasteiger partial charge in [0.15, 0.2) is 0 Å². The molecule has 1 aliphatic rings. The fraction of sp³-hybridized carbons (Fsp3) is 0.286. The second-order valence-electron chi connectivity index (χ2n) is 8.16. The molecule has 1 aliphatic heterocycles. The number of nitrogens with zero attached hydrogens (tertiary/aromatic N) is 3. The zero-order chi connectivity index (χ0) is 24.2. The van der Waals surface area contributed by atoms with E-state index in [0.29, 0.717) is 5.22 Å². The van der Waals surface area contributed by atoms with Crippen LogP contribution in [-0.2, 0) is 0 Å². The van der Waals surface area contributed by atoms with Crippen molar-refractivity contribution in [1.29, 1.82) is 5.53 Å². The number of ether oxygens (including phenoxy) is 1. The second kappa shape index (κ2) is 10.00. The standard InChI is InChI=1S/C28H32N4O2/c1-5-31(6-2)19-13-15-23-25(17-19)34-26-18-20(32(7-3)8-4)14-16-24(26)27(23)21-11-9-10-12-22(21)28(33)30-29/h9-18,29,33H,5-8H2,1-4H3. The Morgan fingerprint density at radius 1 is 0.794 bits per heavy atom. The van der Waals surface area contributed by atoms with E-state index in [1.807, 2.05) is 18.2 Å². The third kappa shape index (κ3) is 4.12. The van der Waals surface area contributed by atoms with Crippen LogP contribution in [0, 0.1) is 5.53 Å². The molecule has 6 heteroatoms. The average molecular weight is 457 g/mol. The summed E-state index contributed by atoms with van der Waals surface area (Å²) in [6, 6.07) is 20.1. The van der Waals surface area contributed by atoms with Gasteiger partial charge in [-0.05, 0) is 63.2 Å². The summed E-state index contributed by atoms with van der Waals surface area (Å²) in [6.45, 7) is 12.2. The number of aliphatic hydroxyl groups excluding tert-OH is 1. The first-order valence-corrected chi connectivity index (χ1v) is 11.9. The van der Waals surface area contributed by atoms with Crippen LogP contribution < -0.4 is 25.0 Å². The predicted octanol–water partition coefficient (Wildman–Crippen LogP) is 5.39. The van der Waals surface area contributed by atoms with Crippen LogP contribution in [0.3, 0.4) is 0 Å². The highest BCUT2D eigenvalue weighted by atomic mass is 16.5. The molecule has 0 radical (unpaired) electrons. The minimum Gasteiger partial charge on any atom is -0.492 e. The fourth-order valence-electron chi connectivity index (χ4n) is 4.68. The summed E-state index contributed by atoms with van der Waals surface area (Å²) in [6.07, 6.45) is 0. The van der Waals surface area contributed by atoms with Crippen molar-refractivity contribution in [2.75, 3.05) is 36.0 Å². The van der Waals surface area contributed by atoms with Gasteiger partial charge in [0, 0.05) is 71.6 Å². The molecule has 176 valence electrons. The molecule has 3 aromatic carbocycles. The zero-order valence-corrected chi connectivity index (χ0v) is 20.3. The van der Waals surface area contributed by atoms with Crippen molar-refractivity contribution < 1.29 is 9.84 Å². The smallest absolute Gasteiger partial charge is 0.238 e. The summed E-state index contributed by atoms with van der Waals surface area (Å²) in [4.78, 5) is 4.58. The van der Waals surface area contributed by atoms with E-state index in [4.69, 9.17) is 10.3 Å². The Balaban J connectivity index is 2.07. The molecular formula is C28H32N4O2. The van der Waals surface area contributed by atoms with E-state index in [1.165, 1.54) is 0 Å². The first-order valence-electron chi connectivity index (χ1n) is 11.9. The first-order chi connectivity index (χ1) is 16.6. The highest BCUT2D eigenvalue weighted by Gasteiger charge is 2.25. The van der Waals surface area contributed by atoms with Gasteiger partial charge in [0.25, 0.3) is 0 Å². The van der Waals surface area contributed by atoms with Crippen molar-refractivity contribution in [2.45, 2.75) is 27.7 Å². The van der Waals surface area contributed by atoms with Crippen LogP contribution in [-0.4, -0.2) is 31.3 Å². The SMILES string of the molecule is CCN(CC)c1ccc2c(c1)Oc1cc(N(CC)CC)ccc1C2=c1ccccc1=C(O)N=N. The number of benzene rings is 3. The topological polar surface area (TPSA) is 72.2 Å². The highest BCUT2D eigenvalue weighted by Crippen LogP contribution is 2.45. The van der Waals surface area contributed by atoms with Crippen LogP contribution in [0.15, 0.2) is 65.8 Å². The normalized spacial score (nSPS) is 12.9.